The number of nitrogens with one attached hydrogen (secondary N) is 1. The molecule has 4 fully saturated rings. The quantitative estimate of drug-likeness (QED) is 0.744. The van der Waals surface area contributed by atoms with Crippen molar-refractivity contribution < 1.29 is 9.59 Å². The lowest BCUT2D eigenvalue weighted by Crippen LogP contribution is -2.50. The molecule has 2 saturated carbocycles. The van der Waals surface area contributed by atoms with E-state index in [0.717, 1.165) is 70.7 Å². The van der Waals surface area contributed by atoms with Gasteiger partial charge in [0.15, 0.2) is 0 Å². The van der Waals surface area contributed by atoms with E-state index in [1.54, 1.807) is 0 Å². The molecule has 2 aliphatic carbocycles. The molecule has 4 rings (SSSR count). The largest absolute Gasteiger partial charge is 0.353 e. The van der Waals surface area contributed by atoms with Crippen LogP contribution in [0.5, 0.6) is 0 Å². The second kappa shape index (κ2) is 8.50. The number of carbonyl (C=O) groups is 2. The average Bonchev–Trinajstić information content (AvgIpc) is 3.40. The van der Waals surface area contributed by atoms with Crippen molar-refractivity contribution in [2.24, 2.45) is 11.3 Å². The molecule has 2 aliphatic heterocycles. The van der Waals surface area contributed by atoms with Gasteiger partial charge in [0, 0.05) is 38.6 Å². The molecule has 1 unspecified atom stereocenters. The van der Waals surface area contributed by atoms with E-state index in [1.165, 1.54) is 38.5 Å². The summed E-state index contributed by atoms with van der Waals surface area (Å²) in [6.45, 7) is 4.56. The zero-order valence-electron chi connectivity index (χ0n) is 16.9. The summed E-state index contributed by atoms with van der Waals surface area (Å²) in [7, 11) is 0. The highest BCUT2D eigenvalue weighted by Gasteiger charge is 2.48. The first-order chi connectivity index (χ1) is 13.1. The molecule has 2 saturated heterocycles. The number of likely N-dealkylation sites (tertiary alicyclic amines) is 2. The molecule has 1 atom stereocenters. The molecular formula is C22H37N3O2. The predicted octanol–water partition coefficient (Wildman–Crippen LogP) is 2.94. The molecule has 5 nitrogen and oxygen atoms in total. The van der Waals surface area contributed by atoms with Gasteiger partial charge in [-0.05, 0) is 51.0 Å². The highest BCUT2D eigenvalue weighted by Crippen LogP contribution is 2.40. The molecule has 0 aromatic carbocycles. The number of hydrogen-bond donors (Lipinski definition) is 1. The number of amides is 2. The van der Waals surface area contributed by atoms with Gasteiger partial charge < -0.3 is 15.1 Å². The summed E-state index contributed by atoms with van der Waals surface area (Å²) in [6.07, 6.45) is 14.1. The number of hydrogen-bond acceptors (Lipinski definition) is 3. The van der Waals surface area contributed by atoms with Crippen LogP contribution in [-0.4, -0.2) is 60.4 Å². The SMILES string of the molecule is O=C(CCN1CCC2(CCCN(CCC3CCCCC3)C2=O)C1)NC1CC1. The third-order valence-electron chi connectivity index (χ3n) is 7.39. The number of piperidine rings is 1. The van der Waals surface area contributed by atoms with Crippen molar-refractivity contribution in [2.45, 2.75) is 83.1 Å². The summed E-state index contributed by atoms with van der Waals surface area (Å²) >= 11 is 0. The molecule has 2 amide bonds. The summed E-state index contributed by atoms with van der Waals surface area (Å²) in [5.74, 6) is 1.44. The molecule has 1 N–H and O–H groups in total. The van der Waals surface area contributed by atoms with Gasteiger partial charge in [-0.25, -0.2) is 0 Å². The minimum atomic E-state index is -0.155. The van der Waals surface area contributed by atoms with Crippen molar-refractivity contribution in [2.75, 3.05) is 32.7 Å². The predicted molar refractivity (Wildman–Crippen MR) is 106 cm³/mol. The summed E-state index contributed by atoms with van der Waals surface area (Å²) < 4.78 is 0. The van der Waals surface area contributed by atoms with Crippen LogP contribution in [0.1, 0.15) is 77.0 Å². The Balaban J connectivity index is 1.24. The normalized spacial score (nSPS) is 30.2. The number of rotatable bonds is 7. The Labute approximate surface area is 164 Å². The van der Waals surface area contributed by atoms with Crippen LogP contribution in [0.15, 0.2) is 0 Å². The summed E-state index contributed by atoms with van der Waals surface area (Å²) in [4.78, 5) is 29.8. The van der Waals surface area contributed by atoms with E-state index in [2.05, 4.69) is 15.1 Å². The minimum Gasteiger partial charge on any atom is -0.353 e. The summed E-state index contributed by atoms with van der Waals surface area (Å²) in [5, 5.41) is 3.07. The van der Waals surface area contributed by atoms with Gasteiger partial charge in [0.25, 0.3) is 0 Å². The van der Waals surface area contributed by atoms with E-state index in [1.807, 2.05) is 0 Å². The maximum absolute atomic E-state index is 13.3. The topological polar surface area (TPSA) is 52.7 Å². The zero-order valence-corrected chi connectivity index (χ0v) is 16.9. The van der Waals surface area contributed by atoms with Gasteiger partial charge in [0.1, 0.15) is 0 Å². The van der Waals surface area contributed by atoms with Crippen molar-refractivity contribution in [1.82, 2.24) is 15.1 Å². The van der Waals surface area contributed by atoms with Gasteiger partial charge in [-0.2, -0.15) is 0 Å². The molecule has 4 aliphatic rings. The standard InChI is InChI=1S/C22H37N3O2/c26-20(23-19-7-8-19)10-14-24-16-12-22(17-24)11-4-13-25(21(22)27)15-9-18-5-2-1-3-6-18/h18-19H,1-17H2,(H,23,26). The lowest BCUT2D eigenvalue weighted by Gasteiger charge is -2.40. The minimum absolute atomic E-state index is 0.155. The Morgan fingerprint density at radius 2 is 1.81 bits per heavy atom. The number of nitrogens with zero attached hydrogens (tertiary/aromatic N) is 2. The van der Waals surface area contributed by atoms with E-state index in [9.17, 15) is 9.59 Å². The van der Waals surface area contributed by atoms with Gasteiger partial charge in [-0.3, -0.25) is 9.59 Å². The Hall–Kier alpha value is -1.10. The Morgan fingerprint density at radius 3 is 2.59 bits per heavy atom. The van der Waals surface area contributed by atoms with E-state index in [-0.39, 0.29) is 11.3 Å². The number of carbonyl (C=O) groups excluding carboxylic acids is 2. The molecule has 0 radical (unpaired) electrons. The summed E-state index contributed by atoms with van der Waals surface area (Å²) in [5.41, 5.74) is -0.155. The van der Waals surface area contributed by atoms with Crippen molar-refractivity contribution in [3.8, 4) is 0 Å². The fourth-order valence-corrected chi connectivity index (χ4v) is 5.49. The lowest BCUT2D eigenvalue weighted by molar-refractivity contribution is -0.145. The third-order valence-corrected chi connectivity index (χ3v) is 7.39. The van der Waals surface area contributed by atoms with Crippen LogP contribution in [-0.2, 0) is 9.59 Å². The van der Waals surface area contributed by atoms with Crippen LogP contribution >= 0.6 is 0 Å². The zero-order chi connectivity index (χ0) is 18.7. The molecule has 2 heterocycles. The Morgan fingerprint density at radius 1 is 1.00 bits per heavy atom. The fraction of sp³-hybridized carbons (Fsp3) is 0.909. The first-order valence-electron chi connectivity index (χ1n) is 11.5. The highest BCUT2D eigenvalue weighted by atomic mass is 16.2. The second-order valence-electron chi connectivity index (χ2n) is 9.59. The van der Waals surface area contributed by atoms with Crippen molar-refractivity contribution in [1.29, 1.82) is 0 Å². The molecule has 0 bridgehead atoms. The molecule has 0 aromatic heterocycles. The molecular weight excluding hydrogens is 338 g/mol. The van der Waals surface area contributed by atoms with E-state index >= 15 is 0 Å². The maximum Gasteiger partial charge on any atom is 0.230 e. The Kier molecular flexibility index (Phi) is 6.05. The van der Waals surface area contributed by atoms with Crippen LogP contribution in [0.2, 0.25) is 0 Å². The monoisotopic (exact) mass is 375 g/mol. The van der Waals surface area contributed by atoms with Gasteiger partial charge in [-0.1, -0.05) is 32.1 Å². The van der Waals surface area contributed by atoms with Crippen molar-refractivity contribution in [3.63, 3.8) is 0 Å². The highest BCUT2D eigenvalue weighted by molar-refractivity contribution is 5.84. The molecule has 27 heavy (non-hydrogen) atoms. The fourth-order valence-electron chi connectivity index (χ4n) is 5.49. The van der Waals surface area contributed by atoms with Crippen LogP contribution in [0, 0.1) is 11.3 Å². The molecule has 152 valence electrons. The van der Waals surface area contributed by atoms with Crippen LogP contribution < -0.4 is 5.32 Å². The first kappa shape index (κ1) is 19.2. The maximum atomic E-state index is 13.3. The van der Waals surface area contributed by atoms with Crippen molar-refractivity contribution >= 4 is 11.8 Å². The smallest absolute Gasteiger partial charge is 0.230 e. The molecule has 1 spiro atoms. The van der Waals surface area contributed by atoms with Crippen molar-refractivity contribution in [3.05, 3.63) is 0 Å². The van der Waals surface area contributed by atoms with Gasteiger partial charge in [0.05, 0.1) is 5.41 Å². The average molecular weight is 376 g/mol. The Bertz CT molecular complexity index is 542. The first-order valence-corrected chi connectivity index (χ1v) is 11.5. The van der Waals surface area contributed by atoms with Crippen LogP contribution in [0.3, 0.4) is 0 Å². The van der Waals surface area contributed by atoms with Gasteiger partial charge in [-0.15, -0.1) is 0 Å². The second-order valence-corrected chi connectivity index (χ2v) is 9.59. The van der Waals surface area contributed by atoms with E-state index < -0.39 is 0 Å². The third kappa shape index (κ3) is 4.85. The van der Waals surface area contributed by atoms with E-state index in [4.69, 9.17) is 0 Å². The van der Waals surface area contributed by atoms with Crippen LogP contribution in [0.4, 0.5) is 0 Å². The summed E-state index contributed by atoms with van der Waals surface area (Å²) in [6, 6.07) is 0.445. The lowest BCUT2D eigenvalue weighted by atomic mass is 9.78. The molecule has 0 aromatic rings. The van der Waals surface area contributed by atoms with Gasteiger partial charge in [0.2, 0.25) is 11.8 Å². The van der Waals surface area contributed by atoms with Gasteiger partial charge >= 0.3 is 0 Å². The molecule has 5 heteroatoms. The van der Waals surface area contributed by atoms with E-state index in [0.29, 0.717) is 18.4 Å². The van der Waals surface area contributed by atoms with Crippen LogP contribution in [0.25, 0.3) is 0 Å².